The van der Waals surface area contributed by atoms with Crippen LogP contribution in [-0.4, -0.2) is 0 Å². The summed E-state index contributed by atoms with van der Waals surface area (Å²) in [6, 6.07) is 3.27. The molecule has 1 aromatic carbocycles. The fraction of sp³-hybridized carbons (Fsp3) is 0.222. The third kappa shape index (κ3) is 2.41. The zero-order valence-corrected chi connectivity index (χ0v) is 8.15. The number of benzene rings is 1. The predicted molar refractivity (Wildman–Crippen MR) is 49.1 cm³/mol. The van der Waals surface area contributed by atoms with E-state index >= 15 is 0 Å². The van der Waals surface area contributed by atoms with Crippen LogP contribution in [0.15, 0.2) is 12.1 Å². The molecule has 0 amide bonds. The smallest absolute Gasteiger partial charge is 0.326 e. The molecule has 1 rings (SSSR count). The Bertz CT molecular complexity index is 421. The second kappa shape index (κ2) is 4.09. The summed E-state index contributed by atoms with van der Waals surface area (Å²) >= 11 is 5.54. The molecule has 0 saturated heterocycles. The van der Waals surface area contributed by atoms with Gasteiger partial charge in [0.05, 0.1) is 16.1 Å². The minimum atomic E-state index is -4.48. The van der Waals surface area contributed by atoms with Gasteiger partial charge >= 0.3 is 6.18 Å². The van der Waals surface area contributed by atoms with Crippen LogP contribution in [-0.2, 0) is 12.7 Å². The maximum Gasteiger partial charge on any atom is 0.416 e. The summed E-state index contributed by atoms with van der Waals surface area (Å²) in [5, 5.41) is 8.42. The molecule has 0 aromatic heterocycles. The van der Waals surface area contributed by atoms with Gasteiger partial charge in [-0.3, -0.25) is 0 Å². The van der Waals surface area contributed by atoms with Crippen molar-refractivity contribution in [2.45, 2.75) is 12.7 Å². The van der Waals surface area contributed by atoms with Crippen LogP contribution in [0.4, 0.5) is 13.2 Å². The first-order chi connectivity index (χ1) is 6.90. The van der Waals surface area contributed by atoms with E-state index in [1.807, 2.05) is 0 Å². The largest absolute Gasteiger partial charge is 0.416 e. The number of hydrogen-bond donors (Lipinski definition) is 1. The molecule has 6 heteroatoms. The van der Waals surface area contributed by atoms with Crippen molar-refractivity contribution in [2.75, 3.05) is 0 Å². The van der Waals surface area contributed by atoms with Crippen molar-refractivity contribution in [1.82, 2.24) is 0 Å². The summed E-state index contributed by atoms with van der Waals surface area (Å²) in [6.45, 7) is -0.160. The van der Waals surface area contributed by atoms with Crippen LogP contribution >= 0.6 is 11.6 Å². The summed E-state index contributed by atoms with van der Waals surface area (Å²) in [5.74, 6) is 0. The van der Waals surface area contributed by atoms with Gasteiger partial charge in [-0.2, -0.15) is 18.4 Å². The molecule has 2 N–H and O–H groups in total. The highest BCUT2D eigenvalue weighted by Gasteiger charge is 2.31. The second-order valence-corrected chi connectivity index (χ2v) is 3.21. The molecule has 0 aliphatic heterocycles. The number of hydrogen-bond acceptors (Lipinski definition) is 2. The van der Waals surface area contributed by atoms with Gasteiger partial charge in [-0.15, -0.1) is 0 Å². The Kier molecular flexibility index (Phi) is 3.22. The molecule has 0 aliphatic rings. The molecule has 0 saturated carbocycles. The van der Waals surface area contributed by atoms with Crippen LogP contribution in [0.1, 0.15) is 16.7 Å². The van der Waals surface area contributed by atoms with E-state index in [-0.39, 0.29) is 22.7 Å². The van der Waals surface area contributed by atoms with Gasteiger partial charge in [-0.25, -0.2) is 0 Å². The molecule has 0 atom stereocenters. The highest BCUT2D eigenvalue weighted by atomic mass is 35.5. The van der Waals surface area contributed by atoms with Crippen molar-refractivity contribution in [3.63, 3.8) is 0 Å². The van der Waals surface area contributed by atoms with Crippen LogP contribution in [0, 0.1) is 11.3 Å². The molecule has 2 nitrogen and oxygen atoms in total. The van der Waals surface area contributed by atoms with Crippen LogP contribution in [0.3, 0.4) is 0 Å². The lowest BCUT2D eigenvalue weighted by molar-refractivity contribution is -0.137. The van der Waals surface area contributed by atoms with Crippen molar-refractivity contribution in [1.29, 1.82) is 5.26 Å². The maximum atomic E-state index is 12.3. The number of nitrogens with zero attached hydrogens (tertiary/aromatic N) is 1. The van der Waals surface area contributed by atoms with Crippen LogP contribution in [0.25, 0.3) is 0 Å². The zero-order valence-electron chi connectivity index (χ0n) is 7.40. The topological polar surface area (TPSA) is 49.8 Å². The van der Waals surface area contributed by atoms with E-state index in [4.69, 9.17) is 22.6 Å². The van der Waals surface area contributed by atoms with Crippen LogP contribution in [0.5, 0.6) is 0 Å². The third-order valence-electron chi connectivity index (χ3n) is 1.83. The lowest BCUT2D eigenvalue weighted by Gasteiger charge is -2.10. The van der Waals surface area contributed by atoms with Crippen molar-refractivity contribution in [3.8, 4) is 6.07 Å². The van der Waals surface area contributed by atoms with Crippen molar-refractivity contribution in [3.05, 3.63) is 33.8 Å². The molecule has 0 unspecified atom stereocenters. The first kappa shape index (κ1) is 11.8. The molecular weight excluding hydrogens is 229 g/mol. The van der Waals surface area contributed by atoms with E-state index < -0.39 is 11.7 Å². The number of rotatable bonds is 1. The second-order valence-electron chi connectivity index (χ2n) is 2.81. The Morgan fingerprint density at radius 1 is 1.40 bits per heavy atom. The molecule has 80 valence electrons. The monoisotopic (exact) mass is 234 g/mol. The lowest BCUT2D eigenvalue weighted by atomic mass is 10.0. The van der Waals surface area contributed by atoms with E-state index in [2.05, 4.69) is 0 Å². The number of nitriles is 1. The van der Waals surface area contributed by atoms with Gasteiger partial charge < -0.3 is 5.73 Å². The Balaban J connectivity index is 3.40. The number of halogens is 4. The van der Waals surface area contributed by atoms with Gasteiger partial charge in [0.25, 0.3) is 0 Å². The molecule has 0 spiro atoms. The van der Waals surface area contributed by atoms with Gasteiger partial charge in [0.1, 0.15) is 6.07 Å². The van der Waals surface area contributed by atoms with E-state index in [1.165, 1.54) is 0 Å². The van der Waals surface area contributed by atoms with Crippen molar-refractivity contribution < 1.29 is 13.2 Å². The molecule has 1 aromatic rings. The normalized spacial score (nSPS) is 11.2. The van der Waals surface area contributed by atoms with E-state index in [1.54, 1.807) is 6.07 Å². The standard InChI is InChI=1S/C9H6ClF3N2/c10-8-2-6(9(11,12)13)1-5(3-14)7(8)4-15/h1-2H,3,14H2. The highest BCUT2D eigenvalue weighted by Crippen LogP contribution is 2.33. The third-order valence-corrected chi connectivity index (χ3v) is 2.13. The SMILES string of the molecule is N#Cc1c(Cl)cc(C(F)(F)F)cc1CN. The Hall–Kier alpha value is -1.25. The number of nitrogens with two attached hydrogens (primary N) is 1. The Morgan fingerprint density at radius 2 is 2.00 bits per heavy atom. The van der Waals surface area contributed by atoms with E-state index in [9.17, 15) is 13.2 Å². The molecule has 0 fully saturated rings. The van der Waals surface area contributed by atoms with Crippen LogP contribution in [0.2, 0.25) is 5.02 Å². The fourth-order valence-corrected chi connectivity index (χ4v) is 1.39. The molecule has 15 heavy (non-hydrogen) atoms. The first-order valence-electron chi connectivity index (χ1n) is 3.90. The zero-order chi connectivity index (χ0) is 11.6. The van der Waals surface area contributed by atoms with Crippen LogP contribution < -0.4 is 5.73 Å². The summed E-state index contributed by atoms with van der Waals surface area (Å²) in [6.07, 6.45) is -4.48. The average Bonchev–Trinajstić information content (AvgIpc) is 2.15. The maximum absolute atomic E-state index is 12.3. The van der Waals surface area contributed by atoms with Gasteiger partial charge in [0.2, 0.25) is 0 Å². The van der Waals surface area contributed by atoms with Gasteiger partial charge in [-0.05, 0) is 17.7 Å². The van der Waals surface area contributed by atoms with Gasteiger partial charge in [-0.1, -0.05) is 11.6 Å². The summed E-state index contributed by atoms with van der Waals surface area (Å²) in [4.78, 5) is 0. The lowest BCUT2D eigenvalue weighted by Crippen LogP contribution is -2.08. The van der Waals surface area contributed by atoms with Crippen molar-refractivity contribution >= 4 is 11.6 Å². The molecule has 0 radical (unpaired) electrons. The molecule has 0 bridgehead atoms. The molecular formula is C9H6ClF3N2. The first-order valence-corrected chi connectivity index (χ1v) is 4.27. The quantitative estimate of drug-likeness (QED) is 0.812. The highest BCUT2D eigenvalue weighted by molar-refractivity contribution is 6.31. The minimum absolute atomic E-state index is 0.00725. The Labute approximate surface area is 89.1 Å². The minimum Gasteiger partial charge on any atom is -0.326 e. The number of alkyl halides is 3. The molecule has 0 aliphatic carbocycles. The van der Waals surface area contributed by atoms with E-state index in [0.29, 0.717) is 0 Å². The van der Waals surface area contributed by atoms with Gasteiger partial charge in [0, 0.05) is 6.54 Å². The van der Waals surface area contributed by atoms with E-state index in [0.717, 1.165) is 12.1 Å². The summed E-state index contributed by atoms with van der Waals surface area (Å²) in [5.41, 5.74) is 4.42. The fourth-order valence-electron chi connectivity index (χ4n) is 1.11. The molecule has 0 heterocycles. The van der Waals surface area contributed by atoms with Gasteiger partial charge in [0.15, 0.2) is 0 Å². The predicted octanol–water partition coefficient (Wildman–Crippen LogP) is 2.69. The Morgan fingerprint density at radius 3 is 2.40 bits per heavy atom. The summed E-state index contributed by atoms with van der Waals surface area (Å²) < 4.78 is 37.0. The average molecular weight is 235 g/mol. The summed E-state index contributed by atoms with van der Waals surface area (Å²) in [7, 11) is 0. The van der Waals surface area contributed by atoms with Crippen molar-refractivity contribution in [2.24, 2.45) is 5.73 Å².